The maximum absolute atomic E-state index is 11.5. The first kappa shape index (κ1) is 10.4. The number of ether oxygens (including phenoxy) is 2. The van der Waals surface area contributed by atoms with E-state index in [1.165, 1.54) is 0 Å². The van der Waals surface area contributed by atoms with E-state index in [-0.39, 0.29) is 13.2 Å². The van der Waals surface area contributed by atoms with Crippen molar-refractivity contribution in [3.63, 3.8) is 0 Å². The Morgan fingerprint density at radius 2 is 2.00 bits per heavy atom. The number of carbonyl (C=O) groups excluding carboxylic acids is 1. The second kappa shape index (κ2) is 3.25. The maximum Gasteiger partial charge on any atom is 0.346 e. The molecule has 76 valence electrons. The van der Waals surface area contributed by atoms with Crippen molar-refractivity contribution in [1.29, 1.82) is 0 Å². The number of hydrogen-bond acceptors (Lipinski definition) is 5. The average Bonchev–Trinajstić information content (AvgIpc) is 1.80. The third kappa shape index (κ3) is 2.18. The van der Waals surface area contributed by atoms with Crippen LogP contribution in [-0.2, 0) is 19.1 Å². The van der Waals surface area contributed by atoms with Gasteiger partial charge in [0.25, 0.3) is 0 Å². The molecule has 1 aliphatic rings. The van der Waals surface area contributed by atoms with Gasteiger partial charge in [0.1, 0.15) is 5.60 Å². The van der Waals surface area contributed by atoms with Gasteiger partial charge in [-0.1, -0.05) is 0 Å². The second-order valence-corrected chi connectivity index (χ2v) is 4.11. The van der Waals surface area contributed by atoms with Gasteiger partial charge in [0, 0.05) is 0 Å². The second-order valence-electron chi connectivity index (χ2n) is 4.11. The normalized spacial score (nSPS) is 20.6. The Bertz CT molecular complexity index is 199. The van der Waals surface area contributed by atoms with E-state index in [1.54, 1.807) is 20.8 Å². The molecule has 0 aromatic heterocycles. The molecule has 1 fully saturated rings. The van der Waals surface area contributed by atoms with Crippen molar-refractivity contribution in [2.24, 2.45) is 5.90 Å². The first-order chi connectivity index (χ1) is 5.90. The molecule has 0 amide bonds. The molecule has 2 N–H and O–H groups in total. The van der Waals surface area contributed by atoms with Crippen LogP contribution in [-0.4, -0.2) is 30.4 Å². The van der Waals surface area contributed by atoms with Crippen molar-refractivity contribution in [2.75, 3.05) is 13.2 Å². The fourth-order valence-corrected chi connectivity index (χ4v) is 0.893. The summed E-state index contributed by atoms with van der Waals surface area (Å²) in [7, 11) is 0. The van der Waals surface area contributed by atoms with Gasteiger partial charge in [-0.25, -0.2) is 10.7 Å². The first-order valence-corrected chi connectivity index (χ1v) is 4.09. The molecule has 0 aliphatic carbocycles. The zero-order chi connectivity index (χ0) is 10.1. The van der Waals surface area contributed by atoms with E-state index in [1.807, 2.05) is 0 Å². The molecule has 0 atom stereocenters. The summed E-state index contributed by atoms with van der Waals surface area (Å²) in [5, 5.41) is 0. The molecular formula is C8H15NO4. The summed E-state index contributed by atoms with van der Waals surface area (Å²) in [5.41, 5.74) is -1.61. The molecule has 1 saturated heterocycles. The lowest BCUT2D eigenvalue weighted by atomic mass is 10.0. The van der Waals surface area contributed by atoms with E-state index in [0.29, 0.717) is 0 Å². The first-order valence-electron chi connectivity index (χ1n) is 4.09. The Balaban J connectivity index is 2.56. The van der Waals surface area contributed by atoms with Crippen LogP contribution in [0.5, 0.6) is 0 Å². The molecule has 0 bridgehead atoms. The molecule has 0 aromatic carbocycles. The highest BCUT2D eigenvalue weighted by atomic mass is 16.7. The van der Waals surface area contributed by atoms with Crippen molar-refractivity contribution in [3.05, 3.63) is 0 Å². The average molecular weight is 189 g/mol. The van der Waals surface area contributed by atoms with Crippen LogP contribution < -0.4 is 5.90 Å². The minimum Gasteiger partial charge on any atom is -0.458 e. The van der Waals surface area contributed by atoms with Crippen LogP contribution in [0.1, 0.15) is 20.8 Å². The molecule has 1 rings (SSSR count). The predicted octanol–water partition coefficient (Wildman–Crippen LogP) is -0.0126. The number of esters is 1. The van der Waals surface area contributed by atoms with E-state index in [9.17, 15) is 4.79 Å². The largest absolute Gasteiger partial charge is 0.458 e. The van der Waals surface area contributed by atoms with Crippen LogP contribution >= 0.6 is 0 Å². The van der Waals surface area contributed by atoms with Crippen LogP contribution in [0.4, 0.5) is 0 Å². The van der Waals surface area contributed by atoms with Gasteiger partial charge in [-0.15, -0.1) is 0 Å². The molecule has 0 unspecified atom stereocenters. The lowest BCUT2D eigenvalue weighted by Crippen LogP contribution is -2.61. The fraction of sp³-hybridized carbons (Fsp3) is 0.875. The van der Waals surface area contributed by atoms with Gasteiger partial charge in [-0.2, -0.15) is 0 Å². The van der Waals surface area contributed by atoms with Crippen LogP contribution in [0.2, 0.25) is 0 Å². The summed E-state index contributed by atoms with van der Waals surface area (Å²) in [6.45, 7) is 5.69. The van der Waals surface area contributed by atoms with Crippen molar-refractivity contribution in [1.82, 2.24) is 0 Å². The summed E-state index contributed by atoms with van der Waals surface area (Å²) >= 11 is 0. The molecule has 0 spiro atoms. The third-order valence-electron chi connectivity index (χ3n) is 1.67. The topological polar surface area (TPSA) is 70.8 Å². The van der Waals surface area contributed by atoms with Crippen LogP contribution in [0.15, 0.2) is 0 Å². The minimum absolute atomic E-state index is 0.165. The Morgan fingerprint density at radius 3 is 2.23 bits per heavy atom. The quantitative estimate of drug-likeness (QED) is 0.488. The van der Waals surface area contributed by atoms with E-state index in [2.05, 4.69) is 4.84 Å². The summed E-state index contributed by atoms with van der Waals surface area (Å²) in [6, 6.07) is 0. The van der Waals surface area contributed by atoms with Crippen LogP contribution in [0.3, 0.4) is 0 Å². The highest BCUT2D eigenvalue weighted by Crippen LogP contribution is 2.24. The van der Waals surface area contributed by atoms with Gasteiger partial charge in [0.15, 0.2) is 0 Å². The van der Waals surface area contributed by atoms with Crippen molar-refractivity contribution in [3.8, 4) is 0 Å². The molecule has 13 heavy (non-hydrogen) atoms. The van der Waals surface area contributed by atoms with Gasteiger partial charge < -0.3 is 9.47 Å². The maximum atomic E-state index is 11.5. The van der Waals surface area contributed by atoms with E-state index < -0.39 is 17.2 Å². The number of carbonyl (C=O) groups is 1. The Hall–Kier alpha value is -0.650. The molecule has 1 aliphatic heterocycles. The summed E-state index contributed by atoms with van der Waals surface area (Å²) in [6.07, 6.45) is 0. The molecule has 0 aromatic rings. The zero-order valence-electron chi connectivity index (χ0n) is 8.12. The smallest absolute Gasteiger partial charge is 0.346 e. The van der Waals surface area contributed by atoms with Crippen LogP contribution in [0, 0.1) is 0 Å². The molecule has 5 nitrogen and oxygen atoms in total. The van der Waals surface area contributed by atoms with Gasteiger partial charge in [-0.05, 0) is 20.8 Å². The molecule has 1 heterocycles. The van der Waals surface area contributed by atoms with Crippen molar-refractivity contribution < 1.29 is 19.1 Å². The van der Waals surface area contributed by atoms with Crippen LogP contribution in [0.25, 0.3) is 0 Å². The highest BCUT2D eigenvalue weighted by molar-refractivity contribution is 5.81. The molecular weight excluding hydrogens is 174 g/mol. The Morgan fingerprint density at radius 1 is 1.46 bits per heavy atom. The lowest BCUT2D eigenvalue weighted by molar-refractivity contribution is -0.237. The third-order valence-corrected chi connectivity index (χ3v) is 1.67. The van der Waals surface area contributed by atoms with E-state index in [0.717, 1.165) is 0 Å². The van der Waals surface area contributed by atoms with Crippen molar-refractivity contribution in [2.45, 2.75) is 32.0 Å². The zero-order valence-corrected chi connectivity index (χ0v) is 8.12. The summed E-state index contributed by atoms with van der Waals surface area (Å²) in [5.74, 6) is 4.54. The molecule has 5 heteroatoms. The standard InChI is InChI=1S/C8H15NO4/c1-7(2,3)12-6(10)8(13-9)4-11-5-8/h4-5,9H2,1-3H3. The van der Waals surface area contributed by atoms with E-state index in [4.69, 9.17) is 15.4 Å². The Kier molecular flexibility index (Phi) is 2.61. The fourth-order valence-electron chi connectivity index (χ4n) is 0.893. The summed E-state index contributed by atoms with van der Waals surface area (Å²) < 4.78 is 9.97. The minimum atomic E-state index is -1.08. The number of hydrogen-bond donors (Lipinski definition) is 1. The monoisotopic (exact) mass is 189 g/mol. The number of rotatable bonds is 2. The van der Waals surface area contributed by atoms with Gasteiger partial charge in [0.05, 0.1) is 13.2 Å². The Labute approximate surface area is 77.1 Å². The highest BCUT2D eigenvalue weighted by Gasteiger charge is 2.50. The van der Waals surface area contributed by atoms with Crippen molar-refractivity contribution >= 4 is 5.97 Å². The SMILES string of the molecule is CC(C)(C)OC(=O)C1(ON)COC1. The predicted molar refractivity (Wildman–Crippen MR) is 44.7 cm³/mol. The van der Waals surface area contributed by atoms with Gasteiger partial charge in [-0.3, -0.25) is 4.84 Å². The lowest BCUT2D eigenvalue weighted by Gasteiger charge is -2.38. The molecule has 0 radical (unpaired) electrons. The summed E-state index contributed by atoms with van der Waals surface area (Å²) in [4.78, 5) is 16.1. The number of nitrogens with two attached hydrogens (primary N) is 1. The van der Waals surface area contributed by atoms with Gasteiger partial charge >= 0.3 is 5.97 Å². The van der Waals surface area contributed by atoms with E-state index >= 15 is 0 Å². The van der Waals surface area contributed by atoms with Gasteiger partial charge in [0.2, 0.25) is 5.60 Å². The molecule has 0 saturated carbocycles.